The second-order valence-corrected chi connectivity index (χ2v) is 7.25. The molecule has 4 aromatic rings. The van der Waals surface area contributed by atoms with Gasteiger partial charge in [0, 0.05) is 0 Å². The van der Waals surface area contributed by atoms with E-state index < -0.39 is 7.12 Å². The number of hydrogen-bond donors (Lipinski definition) is 0. The largest absolute Gasteiger partial charge is 0.494 e. The fraction of sp³-hybridized carbons (Fsp3) is 0.0769. The SMILES string of the molecule is c1ccc(-c2ccc(B3O[C@H](c4ccccc4)[C@@H](c4ccccc4)O3)cc2)cc1. The van der Waals surface area contributed by atoms with Crippen LogP contribution in [0.4, 0.5) is 0 Å². The summed E-state index contributed by atoms with van der Waals surface area (Å²) >= 11 is 0. The van der Waals surface area contributed by atoms with Gasteiger partial charge >= 0.3 is 7.12 Å². The third-order valence-corrected chi connectivity index (χ3v) is 5.36. The van der Waals surface area contributed by atoms with Crippen molar-refractivity contribution >= 4 is 12.6 Å². The summed E-state index contributed by atoms with van der Waals surface area (Å²) < 4.78 is 12.8. The molecule has 0 spiro atoms. The van der Waals surface area contributed by atoms with Crippen LogP contribution in [0, 0.1) is 0 Å². The Morgan fingerprint density at radius 3 is 1.34 bits per heavy atom. The molecule has 5 rings (SSSR count). The molecular formula is C26H21BO2. The maximum absolute atomic E-state index is 6.42. The second kappa shape index (κ2) is 8.08. The third-order valence-electron chi connectivity index (χ3n) is 5.36. The van der Waals surface area contributed by atoms with Crippen molar-refractivity contribution in [2.24, 2.45) is 0 Å². The minimum Gasteiger partial charge on any atom is -0.397 e. The van der Waals surface area contributed by atoms with Gasteiger partial charge in [0.1, 0.15) is 0 Å². The van der Waals surface area contributed by atoms with Crippen molar-refractivity contribution in [3.8, 4) is 11.1 Å². The molecule has 1 aliphatic rings. The molecule has 2 nitrogen and oxygen atoms in total. The van der Waals surface area contributed by atoms with Gasteiger partial charge in [-0.3, -0.25) is 0 Å². The molecule has 1 heterocycles. The Morgan fingerprint density at radius 2 is 0.862 bits per heavy atom. The molecule has 1 fully saturated rings. The van der Waals surface area contributed by atoms with Crippen molar-refractivity contribution in [3.05, 3.63) is 126 Å². The zero-order valence-electron chi connectivity index (χ0n) is 16.0. The molecular weight excluding hydrogens is 355 g/mol. The van der Waals surface area contributed by atoms with Gasteiger partial charge in [-0.25, -0.2) is 0 Å². The maximum Gasteiger partial charge on any atom is 0.494 e. The van der Waals surface area contributed by atoms with Gasteiger partial charge in [-0.05, 0) is 27.7 Å². The highest BCUT2D eigenvalue weighted by atomic mass is 16.7. The first-order valence-electron chi connectivity index (χ1n) is 9.95. The lowest BCUT2D eigenvalue weighted by atomic mass is 9.79. The fourth-order valence-electron chi connectivity index (χ4n) is 3.85. The Bertz CT molecular complexity index is 1000. The van der Waals surface area contributed by atoms with E-state index in [4.69, 9.17) is 9.31 Å². The number of benzene rings is 4. The topological polar surface area (TPSA) is 18.5 Å². The van der Waals surface area contributed by atoms with Gasteiger partial charge in [0.2, 0.25) is 0 Å². The molecule has 0 aromatic heterocycles. The van der Waals surface area contributed by atoms with E-state index in [1.165, 1.54) is 11.1 Å². The molecule has 0 amide bonds. The summed E-state index contributed by atoms with van der Waals surface area (Å²) in [6.45, 7) is 0. The molecule has 2 atom stereocenters. The van der Waals surface area contributed by atoms with E-state index in [1.807, 2.05) is 42.5 Å². The van der Waals surface area contributed by atoms with Gasteiger partial charge in [0.25, 0.3) is 0 Å². The zero-order chi connectivity index (χ0) is 19.5. The summed E-state index contributed by atoms with van der Waals surface area (Å²) in [6.07, 6.45) is -0.283. The van der Waals surface area contributed by atoms with E-state index in [9.17, 15) is 0 Å². The first kappa shape index (κ1) is 17.9. The standard InChI is InChI=1S/C26H21BO2/c1-4-10-20(11-5-1)21-16-18-24(19-17-21)27-28-25(22-12-6-2-7-13-22)26(29-27)23-14-8-3-9-15-23/h1-19,25-26H/t25-,26-/m1/s1. The van der Waals surface area contributed by atoms with Crippen LogP contribution in [-0.2, 0) is 9.31 Å². The van der Waals surface area contributed by atoms with Crippen LogP contribution in [0.5, 0.6) is 0 Å². The molecule has 0 radical (unpaired) electrons. The quantitative estimate of drug-likeness (QED) is 0.433. The van der Waals surface area contributed by atoms with Crippen molar-refractivity contribution in [2.45, 2.75) is 12.2 Å². The summed E-state index contributed by atoms with van der Waals surface area (Å²) in [4.78, 5) is 0. The van der Waals surface area contributed by atoms with Crippen LogP contribution >= 0.6 is 0 Å². The summed E-state index contributed by atoms with van der Waals surface area (Å²) in [5, 5.41) is 0. The molecule has 0 N–H and O–H groups in total. The highest BCUT2D eigenvalue weighted by Gasteiger charge is 2.42. The normalized spacial score (nSPS) is 18.7. The molecule has 29 heavy (non-hydrogen) atoms. The fourth-order valence-corrected chi connectivity index (χ4v) is 3.85. The van der Waals surface area contributed by atoms with Crippen molar-refractivity contribution in [1.82, 2.24) is 0 Å². The van der Waals surface area contributed by atoms with E-state index >= 15 is 0 Å². The summed E-state index contributed by atoms with van der Waals surface area (Å²) in [5.74, 6) is 0. The van der Waals surface area contributed by atoms with Gasteiger partial charge in [0.05, 0.1) is 12.2 Å². The molecule has 0 bridgehead atoms. The zero-order valence-corrected chi connectivity index (χ0v) is 16.0. The van der Waals surface area contributed by atoms with Crippen LogP contribution in [-0.4, -0.2) is 7.12 Å². The van der Waals surface area contributed by atoms with Gasteiger partial charge in [-0.15, -0.1) is 0 Å². The van der Waals surface area contributed by atoms with E-state index in [1.54, 1.807) is 0 Å². The predicted molar refractivity (Wildman–Crippen MR) is 118 cm³/mol. The lowest BCUT2D eigenvalue weighted by Crippen LogP contribution is -2.31. The van der Waals surface area contributed by atoms with E-state index in [-0.39, 0.29) is 12.2 Å². The van der Waals surface area contributed by atoms with Gasteiger partial charge in [0.15, 0.2) is 0 Å². The Balaban J connectivity index is 1.44. The van der Waals surface area contributed by atoms with E-state index in [2.05, 4.69) is 72.8 Å². The lowest BCUT2D eigenvalue weighted by Gasteiger charge is -2.19. The first-order chi connectivity index (χ1) is 14.4. The third kappa shape index (κ3) is 3.75. The van der Waals surface area contributed by atoms with E-state index in [0.29, 0.717) is 0 Å². The molecule has 3 heteroatoms. The highest BCUT2D eigenvalue weighted by Crippen LogP contribution is 2.41. The van der Waals surface area contributed by atoms with E-state index in [0.717, 1.165) is 16.6 Å². The van der Waals surface area contributed by atoms with Crippen molar-refractivity contribution < 1.29 is 9.31 Å². The minimum absolute atomic E-state index is 0.141. The Kier molecular flexibility index (Phi) is 5.00. The first-order valence-corrected chi connectivity index (χ1v) is 9.95. The van der Waals surface area contributed by atoms with Crippen LogP contribution in [0.1, 0.15) is 23.3 Å². The van der Waals surface area contributed by atoms with Gasteiger partial charge in [-0.2, -0.15) is 0 Å². The summed E-state index contributed by atoms with van der Waals surface area (Å²) in [6, 6.07) is 39.5. The van der Waals surface area contributed by atoms with Crippen LogP contribution < -0.4 is 5.46 Å². The lowest BCUT2D eigenvalue weighted by molar-refractivity contribution is 0.159. The molecule has 1 saturated heterocycles. The van der Waals surface area contributed by atoms with Crippen LogP contribution in [0.2, 0.25) is 0 Å². The van der Waals surface area contributed by atoms with Crippen molar-refractivity contribution in [2.75, 3.05) is 0 Å². The average molecular weight is 376 g/mol. The molecule has 4 aromatic carbocycles. The maximum atomic E-state index is 6.42. The number of rotatable bonds is 4. The Morgan fingerprint density at radius 1 is 0.448 bits per heavy atom. The molecule has 140 valence electrons. The average Bonchev–Trinajstić information content (AvgIpc) is 3.27. The predicted octanol–water partition coefficient (Wildman–Crippen LogP) is 5.58. The van der Waals surface area contributed by atoms with Crippen LogP contribution in [0.3, 0.4) is 0 Å². The number of hydrogen-bond acceptors (Lipinski definition) is 2. The van der Waals surface area contributed by atoms with Gasteiger partial charge < -0.3 is 9.31 Å². The molecule has 0 unspecified atom stereocenters. The second-order valence-electron chi connectivity index (χ2n) is 7.25. The summed E-state index contributed by atoms with van der Waals surface area (Å²) in [5.41, 5.74) is 5.68. The minimum atomic E-state index is -0.393. The molecule has 0 aliphatic carbocycles. The highest BCUT2D eigenvalue weighted by molar-refractivity contribution is 6.61. The van der Waals surface area contributed by atoms with Crippen LogP contribution in [0.25, 0.3) is 11.1 Å². The van der Waals surface area contributed by atoms with Crippen molar-refractivity contribution in [1.29, 1.82) is 0 Å². The van der Waals surface area contributed by atoms with Crippen LogP contribution in [0.15, 0.2) is 115 Å². The molecule has 1 aliphatic heterocycles. The smallest absolute Gasteiger partial charge is 0.397 e. The van der Waals surface area contributed by atoms with Gasteiger partial charge in [-0.1, -0.05) is 115 Å². The summed E-state index contributed by atoms with van der Waals surface area (Å²) in [7, 11) is -0.393. The Labute approximate surface area is 171 Å². The Hall–Kier alpha value is -3.14. The monoisotopic (exact) mass is 376 g/mol. The molecule has 0 saturated carbocycles. The van der Waals surface area contributed by atoms with Crippen molar-refractivity contribution in [3.63, 3.8) is 0 Å².